The predicted octanol–water partition coefficient (Wildman–Crippen LogP) is 6.37. The molecule has 2 aromatic carbocycles. The van der Waals surface area contributed by atoms with E-state index < -0.39 is 5.60 Å². The molecule has 0 saturated heterocycles. The molecule has 1 fully saturated rings. The number of nitrogens with zero attached hydrogens (tertiary/aromatic N) is 2. The summed E-state index contributed by atoms with van der Waals surface area (Å²) < 4.78 is 12.2. The fourth-order valence-electron chi connectivity index (χ4n) is 5.18. The smallest absolute Gasteiger partial charge is 0.231 e. The maximum absolute atomic E-state index is 12.0. The molecule has 1 aromatic heterocycles. The molecule has 36 heavy (non-hydrogen) atoms. The van der Waals surface area contributed by atoms with Gasteiger partial charge in [-0.25, -0.2) is 4.98 Å². The van der Waals surface area contributed by atoms with Crippen LogP contribution in [0, 0.1) is 5.92 Å². The average Bonchev–Trinajstić information content (AvgIpc) is 3.41. The Labute approximate surface area is 224 Å². The van der Waals surface area contributed by atoms with Gasteiger partial charge in [0.05, 0.1) is 12.8 Å². The number of hydrogen-bond acceptors (Lipinski definition) is 5. The molecule has 0 amide bonds. The molecular weight excluding hydrogens is 516 g/mol. The molecule has 1 saturated carbocycles. The van der Waals surface area contributed by atoms with Gasteiger partial charge in [-0.3, -0.25) is 0 Å². The van der Waals surface area contributed by atoms with E-state index in [4.69, 9.17) is 9.15 Å². The highest BCUT2D eigenvalue weighted by Crippen LogP contribution is 2.43. The van der Waals surface area contributed by atoms with E-state index in [1.807, 2.05) is 36.4 Å². The maximum atomic E-state index is 12.0. The zero-order valence-corrected chi connectivity index (χ0v) is 23.0. The van der Waals surface area contributed by atoms with E-state index >= 15 is 0 Å². The largest absolute Gasteiger partial charge is 0.494 e. The lowest BCUT2D eigenvalue weighted by molar-refractivity contribution is -0.0239. The van der Waals surface area contributed by atoms with E-state index in [1.165, 1.54) is 12.0 Å². The molecule has 1 N–H and O–H groups in total. The normalized spacial score (nSPS) is 16.2. The number of benzene rings is 2. The van der Waals surface area contributed by atoms with Crippen LogP contribution >= 0.6 is 15.9 Å². The number of hydrogen-bond donors (Lipinski definition) is 1. The molecule has 0 aliphatic heterocycles. The summed E-state index contributed by atoms with van der Waals surface area (Å²) in [4.78, 5) is 6.88. The van der Waals surface area contributed by atoms with Crippen LogP contribution in [-0.4, -0.2) is 47.1 Å². The number of likely N-dealkylation sites (N-methyl/N-ethyl adjacent to an activating group) is 1. The number of ether oxygens (including phenoxy) is 1. The Kier molecular flexibility index (Phi) is 10.0. The summed E-state index contributed by atoms with van der Waals surface area (Å²) >= 11 is 3.49. The van der Waals surface area contributed by atoms with Crippen LogP contribution in [0.4, 0.5) is 0 Å². The second-order valence-electron chi connectivity index (χ2n) is 9.94. The minimum atomic E-state index is -1.17. The third kappa shape index (κ3) is 6.99. The molecule has 194 valence electrons. The van der Waals surface area contributed by atoms with Crippen molar-refractivity contribution in [3.63, 3.8) is 0 Å². The Hall–Kier alpha value is -2.15. The number of alkyl halides is 1. The minimum absolute atomic E-state index is 0.128. The Bertz CT molecular complexity index is 1050. The van der Waals surface area contributed by atoms with Gasteiger partial charge in [0.2, 0.25) is 5.89 Å². The monoisotopic (exact) mass is 554 g/mol. The summed E-state index contributed by atoms with van der Waals surface area (Å²) in [5.41, 5.74) is 0.991. The molecule has 1 aliphatic carbocycles. The standard InChI is InChI=1S/C30H39BrN2O3/c1-33(19-9-21-35-27-15-8-10-24(22-27)16-18-31)20-17-28-23-32-29(36-28)30(34,25-11-4-2-5-12-25)26-13-6-3-7-14-26/h2,4-5,8,10-12,15,22-23,26,34H,3,6-7,9,13-14,16-21H2,1H3/t30-/m0/s1. The number of aliphatic hydroxyl groups is 1. The molecule has 5 nitrogen and oxygen atoms in total. The third-order valence-electron chi connectivity index (χ3n) is 7.26. The maximum Gasteiger partial charge on any atom is 0.231 e. The van der Waals surface area contributed by atoms with Crippen molar-refractivity contribution < 1.29 is 14.3 Å². The SMILES string of the molecule is CN(CCCOc1cccc(CCBr)c1)CCc1cnc([C@](O)(c2ccccc2)C2CCCCC2)o1. The van der Waals surface area contributed by atoms with Gasteiger partial charge in [0.15, 0.2) is 5.60 Å². The Morgan fingerprint density at radius 2 is 1.86 bits per heavy atom. The number of oxazole rings is 1. The molecule has 0 unspecified atom stereocenters. The summed E-state index contributed by atoms with van der Waals surface area (Å²) in [5.74, 6) is 2.33. The van der Waals surface area contributed by atoms with E-state index in [9.17, 15) is 5.11 Å². The van der Waals surface area contributed by atoms with E-state index in [1.54, 1.807) is 6.20 Å². The van der Waals surface area contributed by atoms with Gasteiger partial charge in [-0.05, 0) is 56.0 Å². The van der Waals surface area contributed by atoms with E-state index in [-0.39, 0.29) is 5.92 Å². The average molecular weight is 556 g/mol. The molecule has 1 aliphatic rings. The van der Waals surface area contributed by atoms with Crippen molar-refractivity contribution >= 4 is 15.9 Å². The Balaban J connectivity index is 1.28. The summed E-state index contributed by atoms with van der Waals surface area (Å²) in [7, 11) is 2.12. The third-order valence-corrected chi connectivity index (χ3v) is 7.66. The molecule has 0 bridgehead atoms. The fraction of sp³-hybridized carbons (Fsp3) is 0.500. The fourth-order valence-corrected chi connectivity index (χ4v) is 5.64. The predicted molar refractivity (Wildman–Crippen MR) is 148 cm³/mol. The highest BCUT2D eigenvalue weighted by Gasteiger charge is 2.44. The van der Waals surface area contributed by atoms with E-state index in [2.05, 4.69) is 51.1 Å². The lowest BCUT2D eigenvalue weighted by Crippen LogP contribution is -2.38. The molecule has 1 atom stereocenters. The van der Waals surface area contributed by atoms with Crippen molar-refractivity contribution in [1.82, 2.24) is 9.88 Å². The van der Waals surface area contributed by atoms with Crippen LogP contribution in [0.2, 0.25) is 0 Å². The van der Waals surface area contributed by atoms with Crippen LogP contribution in [0.5, 0.6) is 5.75 Å². The van der Waals surface area contributed by atoms with Gasteiger partial charge in [0, 0.05) is 30.8 Å². The molecular formula is C30H39BrN2O3. The van der Waals surface area contributed by atoms with E-state index in [0.717, 1.165) is 80.4 Å². The van der Waals surface area contributed by atoms with Crippen LogP contribution in [0.1, 0.15) is 61.3 Å². The minimum Gasteiger partial charge on any atom is -0.494 e. The van der Waals surface area contributed by atoms with Gasteiger partial charge in [-0.1, -0.05) is 77.7 Å². The van der Waals surface area contributed by atoms with Gasteiger partial charge < -0.3 is 19.2 Å². The highest BCUT2D eigenvalue weighted by molar-refractivity contribution is 9.09. The number of aryl methyl sites for hydroxylation is 1. The van der Waals surface area contributed by atoms with Crippen LogP contribution in [0.3, 0.4) is 0 Å². The zero-order chi connectivity index (χ0) is 25.2. The van der Waals surface area contributed by atoms with Crippen molar-refractivity contribution in [2.24, 2.45) is 5.92 Å². The van der Waals surface area contributed by atoms with Crippen molar-refractivity contribution in [2.75, 3.05) is 32.1 Å². The van der Waals surface area contributed by atoms with Crippen LogP contribution in [0.25, 0.3) is 0 Å². The Morgan fingerprint density at radius 3 is 2.64 bits per heavy atom. The first-order chi connectivity index (χ1) is 17.6. The van der Waals surface area contributed by atoms with Crippen LogP contribution in [0.15, 0.2) is 65.2 Å². The summed E-state index contributed by atoms with van der Waals surface area (Å²) in [6, 6.07) is 18.2. The van der Waals surface area contributed by atoms with Crippen LogP contribution in [-0.2, 0) is 18.4 Å². The summed E-state index contributed by atoms with van der Waals surface area (Å²) in [6.07, 6.45) is 10.0. The first-order valence-electron chi connectivity index (χ1n) is 13.3. The molecule has 0 spiro atoms. The Morgan fingerprint density at radius 1 is 1.06 bits per heavy atom. The molecule has 4 rings (SSSR count). The highest BCUT2D eigenvalue weighted by atomic mass is 79.9. The van der Waals surface area contributed by atoms with Crippen molar-refractivity contribution in [3.8, 4) is 5.75 Å². The second kappa shape index (κ2) is 13.4. The summed E-state index contributed by atoms with van der Waals surface area (Å²) in [6.45, 7) is 2.50. The molecule has 6 heteroatoms. The zero-order valence-electron chi connectivity index (χ0n) is 21.4. The van der Waals surface area contributed by atoms with Gasteiger partial charge in [0.25, 0.3) is 0 Å². The van der Waals surface area contributed by atoms with Gasteiger partial charge in [-0.2, -0.15) is 0 Å². The number of halogens is 1. The summed E-state index contributed by atoms with van der Waals surface area (Å²) in [5, 5.41) is 12.9. The molecule has 1 heterocycles. The van der Waals surface area contributed by atoms with Gasteiger partial charge >= 0.3 is 0 Å². The van der Waals surface area contributed by atoms with Gasteiger partial charge in [-0.15, -0.1) is 0 Å². The lowest BCUT2D eigenvalue weighted by atomic mass is 9.73. The topological polar surface area (TPSA) is 58.7 Å². The number of aromatic nitrogens is 1. The molecule has 0 radical (unpaired) electrons. The molecule has 3 aromatic rings. The van der Waals surface area contributed by atoms with Crippen molar-refractivity contribution in [1.29, 1.82) is 0 Å². The quantitative estimate of drug-likeness (QED) is 0.196. The first kappa shape index (κ1) is 26.9. The van der Waals surface area contributed by atoms with E-state index in [0.29, 0.717) is 12.5 Å². The lowest BCUT2D eigenvalue weighted by Gasteiger charge is -2.36. The van der Waals surface area contributed by atoms with Crippen molar-refractivity contribution in [3.05, 3.63) is 83.6 Å². The second-order valence-corrected chi connectivity index (χ2v) is 10.7. The van der Waals surface area contributed by atoms with Gasteiger partial charge in [0.1, 0.15) is 11.5 Å². The van der Waals surface area contributed by atoms with Crippen molar-refractivity contribution in [2.45, 2.75) is 57.0 Å². The number of rotatable bonds is 13. The van der Waals surface area contributed by atoms with Crippen LogP contribution < -0.4 is 4.74 Å². The first-order valence-corrected chi connectivity index (χ1v) is 14.4.